The van der Waals surface area contributed by atoms with Crippen molar-refractivity contribution >= 4 is 17.5 Å². The Balaban J connectivity index is 2.34. The van der Waals surface area contributed by atoms with Crippen LogP contribution in [0.5, 0.6) is 0 Å². The van der Waals surface area contributed by atoms with E-state index in [9.17, 15) is 27.5 Å². The Morgan fingerprint density at radius 3 is 2.29 bits per heavy atom. The second-order valence-electron chi connectivity index (χ2n) is 4.24. The highest BCUT2D eigenvalue weighted by Gasteiger charge is 2.51. The topological polar surface area (TPSA) is 52.6 Å². The summed E-state index contributed by atoms with van der Waals surface area (Å²) < 4.78 is 51.1. The van der Waals surface area contributed by atoms with E-state index in [4.69, 9.17) is 11.6 Å². The molecule has 1 atom stereocenters. The predicted octanol–water partition coefficient (Wildman–Crippen LogP) is 2.40. The first kappa shape index (κ1) is 15.6. The second kappa shape index (κ2) is 5.53. The number of allylic oxidation sites excluding steroid dienone is 1. The molecule has 0 saturated carbocycles. The fourth-order valence-corrected chi connectivity index (χ4v) is 1.88. The van der Waals surface area contributed by atoms with Crippen LogP contribution in [0.1, 0.15) is 10.4 Å². The normalized spacial score (nSPS) is 21.7. The van der Waals surface area contributed by atoms with E-state index in [1.807, 2.05) is 5.43 Å². The van der Waals surface area contributed by atoms with Crippen molar-refractivity contribution in [2.24, 2.45) is 0 Å². The predicted molar refractivity (Wildman–Crippen MR) is 65.8 cm³/mol. The summed E-state index contributed by atoms with van der Waals surface area (Å²) in [5, 5.41) is 10.2. The summed E-state index contributed by atoms with van der Waals surface area (Å²) in [5.74, 6) is -1.10. The first-order valence-corrected chi connectivity index (χ1v) is 6.01. The Morgan fingerprint density at radius 1 is 1.24 bits per heavy atom. The summed E-state index contributed by atoms with van der Waals surface area (Å²) in [5.41, 5.74) is -2.42. The van der Waals surface area contributed by atoms with Crippen LogP contribution in [0, 0.1) is 0 Å². The molecule has 1 amide bonds. The lowest BCUT2D eigenvalue weighted by Gasteiger charge is -2.31. The molecule has 0 radical (unpaired) electrons. The van der Waals surface area contributed by atoms with Gasteiger partial charge >= 0.3 is 0 Å². The van der Waals surface area contributed by atoms with E-state index >= 15 is 0 Å². The Labute approximate surface area is 121 Å². The number of hydrogen-bond acceptors (Lipinski definition) is 3. The van der Waals surface area contributed by atoms with Crippen molar-refractivity contribution in [2.75, 3.05) is 0 Å². The number of alkyl halides is 4. The van der Waals surface area contributed by atoms with Crippen LogP contribution >= 0.6 is 11.6 Å². The van der Waals surface area contributed by atoms with Crippen molar-refractivity contribution in [3.05, 3.63) is 46.6 Å². The van der Waals surface area contributed by atoms with Crippen LogP contribution in [0.4, 0.5) is 17.6 Å². The monoisotopic (exact) mass is 324 g/mol. The number of hydrazine groups is 1. The number of rotatable bonds is 3. The summed E-state index contributed by atoms with van der Waals surface area (Å²) in [4.78, 5) is 12.1. The lowest BCUT2D eigenvalue weighted by molar-refractivity contribution is -0.146. The fraction of sp³-hybridized carbons (Fsp3) is 0.250. The Kier molecular flexibility index (Phi) is 4.11. The number of nitrogens with one attached hydrogen (secondary N) is 1. The standard InChI is InChI=1S/C12H9ClF4N2O2/c13-7-3-1-6(2-4-7)10(20)19-12(21,11(16)17)5-8(18-19)9(14)15/h1-5,9,11,18,21H. The van der Waals surface area contributed by atoms with Gasteiger partial charge in [0.2, 0.25) is 5.72 Å². The summed E-state index contributed by atoms with van der Waals surface area (Å²) in [6, 6.07) is 5.10. The largest absolute Gasteiger partial charge is 0.361 e. The van der Waals surface area contributed by atoms with Crippen LogP contribution < -0.4 is 5.43 Å². The highest BCUT2D eigenvalue weighted by atomic mass is 35.5. The number of nitrogens with zero attached hydrogens (tertiary/aromatic N) is 1. The Morgan fingerprint density at radius 2 is 1.81 bits per heavy atom. The van der Waals surface area contributed by atoms with Crippen molar-refractivity contribution in [1.82, 2.24) is 10.4 Å². The second-order valence-corrected chi connectivity index (χ2v) is 4.68. The molecule has 0 bridgehead atoms. The number of carbonyl (C=O) groups is 1. The molecule has 9 heteroatoms. The lowest BCUT2D eigenvalue weighted by atomic mass is 10.1. The van der Waals surface area contributed by atoms with E-state index in [0.717, 1.165) is 0 Å². The maximum absolute atomic E-state index is 13.0. The zero-order valence-electron chi connectivity index (χ0n) is 10.2. The van der Waals surface area contributed by atoms with E-state index in [1.165, 1.54) is 24.3 Å². The van der Waals surface area contributed by atoms with Gasteiger partial charge in [0.15, 0.2) is 0 Å². The molecule has 1 heterocycles. The molecule has 1 aliphatic heterocycles. The number of halogens is 5. The van der Waals surface area contributed by atoms with Gasteiger partial charge in [0, 0.05) is 16.7 Å². The van der Waals surface area contributed by atoms with Crippen LogP contribution in [0.25, 0.3) is 0 Å². The van der Waals surface area contributed by atoms with Gasteiger partial charge in [0.1, 0.15) is 0 Å². The van der Waals surface area contributed by atoms with Crippen molar-refractivity contribution < 1.29 is 27.5 Å². The zero-order valence-corrected chi connectivity index (χ0v) is 11.0. The smallest absolute Gasteiger partial charge is 0.291 e. The summed E-state index contributed by atoms with van der Waals surface area (Å²) in [7, 11) is 0. The van der Waals surface area contributed by atoms with Gasteiger partial charge < -0.3 is 5.11 Å². The fourth-order valence-electron chi connectivity index (χ4n) is 1.75. The summed E-state index contributed by atoms with van der Waals surface area (Å²) in [6.07, 6.45) is -6.38. The molecule has 4 nitrogen and oxygen atoms in total. The number of amides is 1. The zero-order chi connectivity index (χ0) is 15.8. The van der Waals surface area contributed by atoms with Gasteiger partial charge in [-0.3, -0.25) is 10.2 Å². The van der Waals surface area contributed by atoms with Gasteiger partial charge in [-0.05, 0) is 24.3 Å². The Bertz CT molecular complexity index is 579. The van der Waals surface area contributed by atoms with Gasteiger partial charge in [-0.25, -0.2) is 22.6 Å². The third-order valence-corrected chi connectivity index (χ3v) is 3.07. The SMILES string of the molecule is O=C(c1ccc(Cl)cc1)N1NC(C(F)F)=CC1(O)C(F)F. The van der Waals surface area contributed by atoms with Crippen LogP contribution in [-0.2, 0) is 0 Å². The molecule has 2 N–H and O–H groups in total. The minimum absolute atomic E-state index is 0.0718. The number of hydrogen-bond donors (Lipinski definition) is 2. The maximum atomic E-state index is 13.0. The van der Waals surface area contributed by atoms with Gasteiger partial charge in [0.05, 0.1) is 5.70 Å². The maximum Gasteiger partial charge on any atom is 0.291 e. The molecule has 0 fully saturated rings. The third-order valence-electron chi connectivity index (χ3n) is 2.82. The summed E-state index contributed by atoms with van der Waals surface area (Å²) >= 11 is 5.63. The molecule has 1 aliphatic rings. The molecule has 1 unspecified atom stereocenters. The van der Waals surface area contributed by atoms with Crippen LogP contribution in [0.15, 0.2) is 36.0 Å². The van der Waals surface area contributed by atoms with E-state index in [0.29, 0.717) is 5.02 Å². The van der Waals surface area contributed by atoms with Gasteiger partial charge in [0.25, 0.3) is 18.8 Å². The highest BCUT2D eigenvalue weighted by molar-refractivity contribution is 6.30. The number of carbonyl (C=O) groups excluding carboxylic acids is 1. The van der Waals surface area contributed by atoms with Crippen molar-refractivity contribution in [1.29, 1.82) is 0 Å². The lowest BCUT2D eigenvalue weighted by Crippen LogP contribution is -2.56. The number of benzene rings is 1. The molecule has 0 aliphatic carbocycles. The Hall–Kier alpha value is -1.80. The molecule has 0 aromatic heterocycles. The van der Waals surface area contributed by atoms with E-state index in [2.05, 4.69) is 0 Å². The van der Waals surface area contributed by atoms with Crippen LogP contribution in [-0.4, -0.2) is 34.6 Å². The molecule has 2 rings (SSSR count). The minimum Gasteiger partial charge on any atom is -0.361 e. The molecule has 1 aromatic rings. The van der Waals surface area contributed by atoms with Crippen molar-refractivity contribution in [2.45, 2.75) is 18.6 Å². The summed E-state index contributed by atoms with van der Waals surface area (Å²) in [6.45, 7) is 0. The van der Waals surface area contributed by atoms with Gasteiger partial charge in [-0.2, -0.15) is 0 Å². The minimum atomic E-state index is -3.47. The molecular weight excluding hydrogens is 316 g/mol. The van der Waals surface area contributed by atoms with E-state index in [1.54, 1.807) is 0 Å². The van der Waals surface area contributed by atoms with E-state index < -0.39 is 30.2 Å². The van der Waals surface area contributed by atoms with E-state index in [-0.39, 0.29) is 16.6 Å². The third kappa shape index (κ3) is 2.81. The number of aliphatic hydroxyl groups is 1. The van der Waals surface area contributed by atoms with Crippen molar-refractivity contribution in [3.8, 4) is 0 Å². The first-order valence-electron chi connectivity index (χ1n) is 5.64. The highest BCUT2D eigenvalue weighted by Crippen LogP contribution is 2.31. The first-order chi connectivity index (χ1) is 9.75. The van der Waals surface area contributed by atoms with Crippen LogP contribution in [0.3, 0.4) is 0 Å². The average Bonchev–Trinajstić information content (AvgIpc) is 2.78. The quantitative estimate of drug-likeness (QED) is 0.840. The van der Waals surface area contributed by atoms with Gasteiger partial charge in [-0.1, -0.05) is 11.6 Å². The average molecular weight is 325 g/mol. The molecule has 0 spiro atoms. The molecule has 114 valence electrons. The van der Waals surface area contributed by atoms with Gasteiger partial charge in [-0.15, -0.1) is 0 Å². The molecule has 1 aromatic carbocycles. The molecule has 0 saturated heterocycles. The molecular formula is C12H9ClF4N2O2. The van der Waals surface area contributed by atoms with Crippen molar-refractivity contribution in [3.63, 3.8) is 0 Å². The van der Waals surface area contributed by atoms with Crippen LogP contribution in [0.2, 0.25) is 5.02 Å². The molecule has 21 heavy (non-hydrogen) atoms.